The van der Waals surface area contributed by atoms with Crippen molar-refractivity contribution in [2.24, 2.45) is 0 Å². The number of aromatic nitrogens is 1. The van der Waals surface area contributed by atoms with Gasteiger partial charge in [-0.25, -0.2) is 4.79 Å². The minimum Gasteiger partial charge on any atom is -0.497 e. The fourth-order valence-corrected chi connectivity index (χ4v) is 3.96. The molecule has 0 saturated carbocycles. The molecule has 0 atom stereocenters. The number of methoxy groups -OCH3 is 1. The standard InChI is InChI=1S/C26H32N2O5/c1-4-6-24-21(17-19(5-2)20-7-9-22(32-3)10-8-20)18-23(26(30)31)25(29)28(24)12-11-27-13-15-33-16-14-27/h5-10,17-18H,4,11-16H2,1-3H3,(H,30,31)/b19-5+,21-17-,24-6-. The Bertz CT molecular complexity index is 1170. The second-order valence-electron chi connectivity index (χ2n) is 7.84. The van der Waals surface area contributed by atoms with Crippen LogP contribution in [0, 0.1) is 0 Å². The van der Waals surface area contributed by atoms with Crippen LogP contribution < -0.4 is 20.9 Å². The number of ether oxygens (including phenoxy) is 2. The number of pyridine rings is 1. The van der Waals surface area contributed by atoms with E-state index in [1.165, 1.54) is 6.07 Å². The molecular weight excluding hydrogens is 420 g/mol. The van der Waals surface area contributed by atoms with Gasteiger partial charge in [-0.1, -0.05) is 31.2 Å². The fraction of sp³-hybridized carbons (Fsp3) is 0.385. The van der Waals surface area contributed by atoms with E-state index in [9.17, 15) is 14.7 Å². The van der Waals surface area contributed by atoms with E-state index in [-0.39, 0.29) is 5.56 Å². The molecule has 1 N–H and O–H groups in total. The first-order chi connectivity index (χ1) is 16.0. The number of carbonyl (C=O) groups is 1. The molecule has 1 aromatic carbocycles. The summed E-state index contributed by atoms with van der Waals surface area (Å²) in [5.41, 5.74) is 1.21. The number of nitrogens with zero attached hydrogens (tertiary/aromatic N) is 2. The van der Waals surface area contributed by atoms with Gasteiger partial charge in [0, 0.05) is 31.5 Å². The van der Waals surface area contributed by atoms with Crippen LogP contribution in [0.2, 0.25) is 0 Å². The lowest BCUT2D eigenvalue weighted by Gasteiger charge is -2.26. The summed E-state index contributed by atoms with van der Waals surface area (Å²) in [5.74, 6) is -0.455. The van der Waals surface area contributed by atoms with E-state index in [4.69, 9.17) is 9.47 Å². The van der Waals surface area contributed by atoms with Gasteiger partial charge in [0.25, 0.3) is 5.56 Å². The Labute approximate surface area is 193 Å². The van der Waals surface area contributed by atoms with E-state index >= 15 is 0 Å². The van der Waals surface area contributed by atoms with Crippen LogP contribution in [0.5, 0.6) is 5.75 Å². The third-order valence-electron chi connectivity index (χ3n) is 5.78. The van der Waals surface area contributed by atoms with Crippen LogP contribution in [-0.2, 0) is 11.3 Å². The summed E-state index contributed by atoms with van der Waals surface area (Å²) < 4.78 is 12.3. The lowest BCUT2D eigenvalue weighted by atomic mass is 10.0. The van der Waals surface area contributed by atoms with Gasteiger partial charge in [-0.2, -0.15) is 0 Å². The van der Waals surface area contributed by atoms with Crippen molar-refractivity contribution < 1.29 is 19.4 Å². The Kier molecular flexibility index (Phi) is 8.63. The number of morpholine rings is 1. The highest BCUT2D eigenvalue weighted by Crippen LogP contribution is 2.19. The molecule has 1 aliphatic heterocycles. The van der Waals surface area contributed by atoms with Gasteiger partial charge < -0.3 is 19.1 Å². The number of carboxylic acid groups (broad SMARTS) is 1. The number of rotatable bonds is 8. The van der Waals surface area contributed by atoms with E-state index in [0.717, 1.165) is 41.7 Å². The number of hydrogen-bond donors (Lipinski definition) is 1. The monoisotopic (exact) mass is 452 g/mol. The molecule has 0 radical (unpaired) electrons. The molecule has 1 aliphatic rings. The molecule has 0 bridgehead atoms. The average molecular weight is 453 g/mol. The maximum absolute atomic E-state index is 13.1. The van der Waals surface area contributed by atoms with Gasteiger partial charge in [0.1, 0.15) is 11.3 Å². The Morgan fingerprint density at radius 3 is 2.45 bits per heavy atom. The third kappa shape index (κ3) is 6.00. The number of hydrogen-bond acceptors (Lipinski definition) is 5. The Morgan fingerprint density at radius 2 is 1.88 bits per heavy atom. The van der Waals surface area contributed by atoms with E-state index in [0.29, 0.717) is 31.5 Å². The third-order valence-corrected chi connectivity index (χ3v) is 5.78. The summed E-state index contributed by atoms with van der Waals surface area (Å²) in [6, 6.07) is 9.18. The minimum absolute atomic E-state index is 0.221. The van der Waals surface area contributed by atoms with Crippen LogP contribution in [-0.4, -0.2) is 60.5 Å². The minimum atomic E-state index is -1.22. The van der Waals surface area contributed by atoms with Crippen LogP contribution in [0.3, 0.4) is 0 Å². The van der Waals surface area contributed by atoms with Crippen LogP contribution in [0.25, 0.3) is 17.7 Å². The summed E-state index contributed by atoms with van der Waals surface area (Å²) in [6.07, 6.45) is 6.62. The van der Waals surface area contributed by atoms with Crippen LogP contribution >= 0.6 is 0 Å². The van der Waals surface area contributed by atoms with Crippen molar-refractivity contribution >= 4 is 23.7 Å². The first kappa shape index (κ1) is 24.5. The highest BCUT2D eigenvalue weighted by molar-refractivity contribution is 5.90. The second-order valence-corrected chi connectivity index (χ2v) is 7.84. The van der Waals surface area contributed by atoms with Crippen molar-refractivity contribution in [2.45, 2.75) is 26.8 Å². The molecule has 33 heavy (non-hydrogen) atoms. The highest BCUT2D eigenvalue weighted by atomic mass is 16.5. The SMILES string of the molecule is C\C=C(/C=c1/cc(C(=O)O)c(=O)n(CCN2CCOCC2)/c1=C\CC)c1ccc(OC)cc1. The molecule has 1 fully saturated rings. The van der Waals surface area contributed by atoms with E-state index in [2.05, 4.69) is 4.90 Å². The number of allylic oxidation sites excluding steroid dienone is 2. The molecule has 0 unspecified atom stereocenters. The molecule has 3 rings (SSSR count). The zero-order chi connectivity index (χ0) is 23.8. The van der Waals surface area contributed by atoms with E-state index in [1.54, 1.807) is 11.7 Å². The van der Waals surface area contributed by atoms with Crippen LogP contribution in [0.15, 0.2) is 41.2 Å². The van der Waals surface area contributed by atoms with Gasteiger partial charge >= 0.3 is 5.97 Å². The normalized spacial score (nSPS) is 16.3. The summed E-state index contributed by atoms with van der Waals surface area (Å²) in [4.78, 5) is 27.2. The molecular formula is C26H32N2O5. The Morgan fingerprint density at radius 1 is 1.18 bits per heavy atom. The topological polar surface area (TPSA) is 81.0 Å². The predicted octanol–water partition coefficient (Wildman–Crippen LogP) is 1.96. The quantitative estimate of drug-likeness (QED) is 0.660. The molecule has 0 amide bonds. The van der Waals surface area contributed by atoms with Gasteiger partial charge in [0.15, 0.2) is 0 Å². The molecule has 1 saturated heterocycles. The maximum atomic E-state index is 13.1. The van der Waals surface area contributed by atoms with Crippen LogP contribution in [0.1, 0.15) is 36.2 Å². The van der Waals surface area contributed by atoms with Crippen molar-refractivity contribution in [1.29, 1.82) is 0 Å². The zero-order valence-electron chi connectivity index (χ0n) is 19.5. The smallest absolute Gasteiger partial charge is 0.341 e. The number of aromatic carboxylic acids is 1. The fourth-order valence-electron chi connectivity index (χ4n) is 3.96. The van der Waals surface area contributed by atoms with Crippen molar-refractivity contribution in [3.63, 3.8) is 0 Å². The van der Waals surface area contributed by atoms with Crippen molar-refractivity contribution in [3.8, 4) is 5.75 Å². The predicted molar refractivity (Wildman–Crippen MR) is 130 cm³/mol. The first-order valence-electron chi connectivity index (χ1n) is 11.3. The Hall–Kier alpha value is -3.16. The summed E-state index contributed by atoms with van der Waals surface area (Å²) >= 11 is 0. The first-order valence-corrected chi connectivity index (χ1v) is 11.3. The van der Waals surface area contributed by atoms with Gasteiger partial charge in [0.2, 0.25) is 0 Å². The van der Waals surface area contributed by atoms with Crippen molar-refractivity contribution in [3.05, 3.63) is 68.5 Å². The highest BCUT2D eigenvalue weighted by Gasteiger charge is 2.16. The van der Waals surface area contributed by atoms with Crippen molar-refractivity contribution in [1.82, 2.24) is 9.47 Å². The van der Waals surface area contributed by atoms with E-state index in [1.807, 2.05) is 56.3 Å². The molecule has 2 heterocycles. The lowest BCUT2D eigenvalue weighted by molar-refractivity contribution is 0.0361. The van der Waals surface area contributed by atoms with Gasteiger partial charge in [-0.15, -0.1) is 0 Å². The van der Waals surface area contributed by atoms with Gasteiger partial charge in [0.05, 0.1) is 20.3 Å². The van der Waals surface area contributed by atoms with Gasteiger partial charge in [-0.3, -0.25) is 9.69 Å². The second kappa shape index (κ2) is 11.6. The summed E-state index contributed by atoms with van der Waals surface area (Å²) in [5, 5.41) is 11.2. The summed E-state index contributed by atoms with van der Waals surface area (Å²) in [7, 11) is 1.62. The number of carboxylic acids is 1. The molecule has 1 aromatic heterocycles. The lowest BCUT2D eigenvalue weighted by Crippen LogP contribution is -2.48. The molecule has 2 aromatic rings. The molecule has 7 nitrogen and oxygen atoms in total. The molecule has 176 valence electrons. The largest absolute Gasteiger partial charge is 0.497 e. The molecule has 0 aliphatic carbocycles. The Balaban J connectivity index is 2.14. The van der Waals surface area contributed by atoms with Crippen LogP contribution in [0.4, 0.5) is 0 Å². The zero-order valence-corrected chi connectivity index (χ0v) is 19.5. The van der Waals surface area contributed by atoms with Gasteiger partial charge in [-0.05, 0) is 54.0 Å². The van der Waals surface area contributed by atoms with E-state index < -0.39 is 11.5 Å². The van der Waals surface area contributed by atoms with Crippen molar-refractivity contribution in [2.75, 3.05) is 40.0 Å². The summed E-state index contributed by atoms with van der Waals surface area (Å²) in [6.45, 7) is 7.97. The molecule has 0 spiro atoms. The molecule has 7 heteroatoms. The maximum Gasteiger partial charge on any atom is 0.341 e. The number of benzene rings is 1. The average Bonchev–Trinajstić information content (AvgIpc) is 2.84.